The van der Waals surface area contributed by atoms with Crippen molar-refractivity contribution < 1.29 is 9.63 Å². The lowest BCUT2D eigenvalue weighted by atomic mass is 9.83. The van der Waals surface area contributed by atoms with Crippen LogP contribution in [0.25, 0.3) is 0 Å². The monoisotopic (exact) mass is 254 g/mol. The molecule has 1 N–H and O–H groups in total. The summed E-state index contributed by atoms with van der Waals surface area (Å²) in [6.45, 7) is 14.3. The number of nitrogens with zero attached hydrogens (tertiary/aromatic N) is 1. The summed E-state index contributed by atoms with van der Waals surface area (Å²) in [7, 11) is 0. The Kier molecular flexibility index (Phi) is 3.33. The number of ketones is 1. The molecule has 0 radical (unpaired) electrons. The molecule has 0 aromatic carbocycles. The molecule has 2 fully saturated rings. The molecule has 0 aromatic heterocycles. The zero-order valence-electron chi connectivity index (χ0n) is 12.4. The van der Waals surface area contributed by atoms with Crippen molar-refractivity contribution in [2.75, 3.05) is 13.1 Å². The average molecular weight is 254 g/mol. The molecular formula is C14H26N2O2. The van der Waals surface area contributed by atoms with Gasteiger partial charge < -0.3 is 0 Å². The van der Waals surface area contributed by atoms with Gasteiger partial charge in [0.25, 0.3) is 0 Å². The third-order valence-electron chi connectivity index (χ3n) is 3.98. The topological polar surface area (TPSA) is 41.6 Å². The van der Waals surface area contributed by atoms with Gasteiger partial charge in [0.05, 0.1) is 6.04 Å². The lowest BCUT2D eigenvalue weighted by molar-refractivity contribution is -0.138. The van der Waals surface area contributed by atoms with Crippen molar-refractivity contribution in [3.05, 3.63) is 0 Å². The fraction of sp³-hybridized carbons (Fsp3) is 0.929. The highest BCUT2D eigenvalue weighted by molar-refractivity contribution is 5.89. The molecular weight excluding hydrogens is 228 g/mol. The fourth-order valence-electron chi connectivity index (χ4n) is 2.92. The van der Waals surface area contributed by atoms with E-state index in [4.69, 9.17) is 4.84 Å². The Balaban J connectivity index is 2.29. The van der Waals surface area contributed by atoms with Crippen LogP contribution in [-0.4, -0.2) is 41.5 Å². The number of nitrogens with one attached hydrogen (secondary N) is 1. The van der Waals surface area contributed by atoms with Gasteiger partial charge in [-0.1, -0.05) is 20.8 Å². The molecule has 2 heterocycles. The third kappa shape index (κ3) is 2.33. The standard InChI is InChI=1S/C14H26N2O2/c1-13(2,3)12(17)10-11-9(7-15-18-11)8-16(10)14(4,5)6/h9-11,15H,7-8H2,1-6H3. The second kappa shape index (κ2) is 4.29. The van der Waals surface area contributed by atoms with Crippen molar-refractivity contribution in [1.82, 2.24) is 10.4 Å². The number of Topliss-reactive ketones (excluding diaryl/α,β-unsaturated/α-hetero) is 1. The summed E-state index contributed by atoms with van der Waals surface area (Å²) >= 11 is 0. The highest BCUT2D eigenvalue weighted by Gasteiger charge is 2.53. The SMILES string of the molecule is CC(C)(C)C(=O)C1C2ONCC2CN1C(C)(C)C. The van der Waals surface area contributed by atoms with Gasteiger partial charge >= 0.3 is 0 Å². The number of fused-ring (bicyclic) bond motifs is 1. The van der Waals surface area contributed by atoms with E-state index < -0.39 is 0 Å². The molecule has 0 amide bonds. The first-order valence-electron chi connectivity index (χ1n) is 6.82. The van der Waals surface area contributed by atoms with Gasteiger partial charge in [0.1, 0.15) is 6.10 Å². The molecule has 2 aliphatic heterocycles. The van der Waals surface area contributed by atoms with E-state index in [1.54, 1.807) is 0 Å². The van der Waals surface area contributed by atoms with Crippen molar-refractivity contribution in [2.24, 2.45) is 11.3 Å². The molecule has 0 aromatic rings. The molecule has 4 nitrogen and oxygen atoms in total. The van der Waals surface area contributed by atoms with Gasteiger partial charge in [0.2, 0.25) is 0 Å². The fourth-order valence-corrected chi connectivity index (χ4v) is 2.92. The van der Waals surface area contributed by atoms with Crippen molar-refractivity contribution in [3.8, 4) is 0 Å². The molecule has 0 saturated carbocycles. The van der Waals surface area contributed by atoms with E-state index in [0.717, 1.165) is 13.1 Å². The number of rotatable bonds is 1. The minimum Gasteiger partial charge on any atom is -0.297 e. The number of hydrogen-bond donors (Lipinski definition) is 1. The largest absolute Gasteiger partial charge is 0.297 e. The molecule has 104 valence electrons. The van der Waals surface area contributed by atoms with Crippen molar-refractivity contribution in [1.29, 1.82) is 0 Å². The Labute approximate surface area is 110 Å². The lowest BCUT2D eigenvalue weighted by Crippen LogP contribution is -2.54. The minimum atomic E-state index is -0.324. The average Bonchev–Trinajstić information content (AvgIpc) is 2.71. The number of hydroxylamine groups is 1. The van der Waals surface area contributed by atoms with Gasteiger partial charge in [-0.25, -0.2) is 5.48 Å². The van der Waals surface area contributed by atoms with Crippen LogP contribution in [-0.2, 0) is 9.63 Å². The van der Waals surface area contributed by atoms with E-state index in [2.05, 4.69) is 31.2 Å². The second-order valence-electron chi connectivity index (χ2n) is 7.57. The van der Waals surface area contributed by atoms with E-state index in [1.807, 2.05) is 20.8 Å². The number of carbonyl (C=O) groups is 1. The van der Waals surface area contributed by atoms with E-state index in [1.165, 1.54) is 0 Å². The summed E-state index contributed by atoms with van der Waals surface area (Å²) in [5.74, 6) is 0.717. The van der Waals surface area contributed by atoms with E-state index >= 15 is 0 Å². The Morgan fingerprint density at radius 3 is 2.33 bits per heavy atom. The highest BCUT2D eigenvalue weighted by atomic mass is 16.7. The maximum atomic E-state index is 12.7. The van der Waals surface area contributed by atoms with Gasteiger partial charge in [-0.05, 0) is 20.8 Å². The van der Waals surface area contributed by atoms with Crippen LogP contribution in [0.1, 0.15) is 41.5 Å². The van der Waals surface area contributed by atoms with Gasteiger partial charge in [0.15, 0.2) is 5.78 Å². The Hall–Kier alpha value is -0.450. The summed E-state index contributed by atoms with van der Waals surface area (Å²) < 4.78 is 0. The van der Waals surface area contributed by atoms with Crippen molar-refractivity contribution in [2.45, 2.75) is 59.2 Å². The zero-order valence-corrected chi connectivity index (χ0v) is 12.4. The van der Waals surface area contributed by atoms with Crippen LogP contribution in [0, 0.1) is 11.3 Å². The van der Waals surface area contributed by atoms with E-state index in [0.29, 0.717) is 5.92 Å². The molecule has 3 atom stereocenters. The predicted octanol–water partition coefficient (Wildman–Crippen LogP) is 1.60. The molecule has 4 heteroatoms. The van der Waals surface area contributed by atoms with Gasteiger partial charge in [-0.2, -0.15) is 0 Å². The van der Waals surface area contributed by atoms with E-state index in [-0.39, 0.29) is 28.9 Å². The summed E-state index contributed by atoms with van der Waals surface area (Å²) in [6, 6.07) is -0.120. The zero-order chi connectivity index (χ0) is 13.7. The molecule has 2 rings (SSSR count). The Bertz CT molecular complexity index is 341. The normalized spacial score (nSPS) is 33.8. The first kappa shape index (κ1) is 14.0. The summed E-state index contributed by atoms with van der Waals surface area (Å²) in [4.78, 5) is 20.7. The predicted molar refractivity (Wildman–Crippen MR) is 71.1 cm³/mol. The van der Waals surface area contributed by atoms with Gasteiger partial charge in [0, 0.05) is 30.0 Å². The number of carbonyl (C=O) groups excluding carboxylic acids is 1. The van der Waals surface area contributed by atoms with Gasteiger partial charge in [-0.15, -0.1) is 0 Å². The molecule has 0 aliphatic carbocycles. The minimum absolute atomic E-state index is 0.000718. The molecule has 0 bridgehead atoms. The van der Waals surface area contributed by atoms with Crippen LogP contribution < -0.4 is 5.48 Å². The first-order chi connectivity index (χ1) is 8.12. The van der Waals surface area contributed by atoms with Crippen LogP contribution in [0.3, 0.4) is 0 Å². The first-order valence-corrected chi connectivity index (χ1v) is 6.82. The molecule has 2 saturated heterocycles. The summed E-state index contributed by atoms with van der Waals surface area (Å²) in [6.07, 6.45) is 0.0101. The second-order valence-corrected chi connectivity index (χ2v) is 7.57. The van der Waals surface area contributed by atoms with Crippen molar-refractivity contribution in [3.63, 3.8) is 0 Å². The van der Waals surface area contributed by atoms with Crippen LogP contribution in [0.5, 0.6) is 0 Å². The Morgan fingerprint density at radius 1 is 1.22 bits per heavy atom. The molecule has 2 aliphatic rings. The molecule has 18 heavy (non-hydrogen) atoms. The maximum absolute atomic E-state index is 12.7. The lowest BCUT2D eigenvalue weighted by Gasteiger charge is -2.39. The van der Waals surface area contributed by atoms with Crippen molar-refractivity contribution >= 4 is 5.78 Å². The quantitative estimate of drug-likeness (QED) is 0.772. The van der Waals surface area contributed by atoms with Crippen LogP contribution in [0.15, 0.2) is 0 Å². The number of likely N-dealkylation sites (tertiary alicyclic amines) is 1. The van der Waals surface area contributed by atoms with Crippen LogP contribution in [0.2, 0.25) is 0 Å². The number of hydrogen-bond acceptors (Lipinski definition) is 4. The van der Waals surface area contributed by atoms with Gasteiger partial charge in [-0.3, -0.25) is 14.5 Å². The van der Waals surface area contributed by atoms with Crippen LogP contribution >= 0.6 is 0 Å². The van der Waals surface area contributed by atoms with Crippen LogP contribution in [0.4, 0.5) is 0 Å². The maximum Gasteiger partial charge on any atom is 0.158 e. The molecule has 3 unspecified atom stereocenters. The molecule has 0 spiro atoms. The third-order valence-corrected chi connectivity index (χ3v) is 3.98. The van der Waals surface area contributed by atoms with E-state index in [9.17, 15) is 4.79 Å². The Morgan fingerprint density at radius 2 is 1.83 bits per heavy atom. The summed E-state index contributed by atoms with van der Waals surface area (Å²) in [5.41, 5.74) is 2.63. The highest BCUT2D eigenvalue weighted by Crippen LogP contribution is 2.37. The smallest absolute Gasteiger partial charge is 0.158 e. The summed E-state index contributed by atoms with van der Waals surface area (Å²) in [5, 5.41) is 0.